The molecule has 0 bridgehead atoms. The minimum atomic E-state index is -9.22. The fourth-order valence-corrected chi connectivity index (χ4v) is 7.37. The van der Waals surface area contributed by atoms with Gasteiger partial charge in [-0.05, 0) is 0 Å². The Hall–Kier alpha value is -0.310. The maximum absolute atomic E-state index is 14.0. The topological polar surface area (TPSA) is 3.24 Å². The van der Waals surface area contributed by atoms with Crippen LogP contribution in [-0.4, -0.2) is 34.2 Å². The molecule has 6 heteroatoms. The van der Waals surface area contributed by atoms with Crippen LogP contribution in [0.4, 0.5) is 11.6 Å². The van der Waals surface area contributed by atoms with E-state index in [1.807, 2.05) is 0 Å². The van der Waals surface area contributed by atoms with Crippen LogP contribution >= 0.6 is 0 Å². The van der Waals surface area contributed by atoms with E-state index >= 15 is 0 Å². The third-order valence-corrected chi connectivity index (χ3v) is 10.3. The average Bonchev–Trinajstić information content (AvgIpc) is 2.19. The van der Waals surface area contributed by atoms with E-state index < -0.39 is 21.6 Å². The van der Waals surface area contributed by atoms with E-state index in [0.29, 0.717) is 0 Å². The summed E-state index contributed by atoms with van der Waals surface area (Å²) in [5, 5.41) is 0. The molecule has 0 N–H and O–H groups in total. The molecule has 1 aromatic rings. The second kappa shape index (κ2) is 3.59. The van der Waals surface area contributed by atoms with E-state index in [1.54, 1.807) is 0 Å². The molecule has 0 unspecified atom stereocenters. The van der Waals surface area contributed by atoms with Crippen molar-refractivity contribution in [3.05, 3.63) is 30.3 Å². The third-order valence-electron chi connectivity index (χ3n) is 2.43. The number of benzene rings is 1. The predicted octanol–water partition coefficient (Wildman–Crippen LogP) is 2.95. The summed E-state index contributed by atoms with van der Waals surface area (Å²) >= 11 is -9.22. The molecule has 16 heavy (non-hydrogen) atoms. The van der Waals surface area contributed by atoms with Crippen molar-refractivity contribution in [1.29, 1.82) is 0 Å². The zero-order valence-corrected chi connectivity index (χ0v) is 11.5. The number of rotatable bonds is 4. The predicted molar refractivity (Wildman–Crippen MR) is 59.2 cm³/mol. The van der Waals surface area contributed by atoms with Gasteiger partial charge in [-0.2, -0.15) is 0 Å². The minimum absolute atomic E-state index is 0.0387. The Bertz CT molecular complexity index is 368. The molecule has 0 radical (unpaired) electrons. The van der Waals surface area contributed by atoms with Gasteiger partial charge in [0.05, 0.1) is 0 Å². The molecule has 94 valence electrons. The molecular formula is C10H15F4NTe. The molecular weight excluding hydrogens is 338 g/mol. The Morgan fingerprint density at radius 2 is 1.38 bits per heavy atom. The van der Waals surface area contributed by atoms with Crippen molar-refractivity contribution in [2.75, 3.05) is 13.1 Å². The Morgan fingerprint density at radius 3 is 1.75 bits per heavy atom. The van der Waals surface area contributed by atoms with Crippen molar-refractivity contribution < 1.29 is 11.6 Å². The number of halogens is 4. The Labute approximate surface area is 93.7 Å². The summed E-state index contributed by atoms with van der Waals surface area (Å²) in [5.41, 5.74) is 0. The SMILES string of the molecule is CCN(CC)[Te](F)(F)(F)(F)c1ccccc1. The summed E-state index contributed by atoms with van der Waals surface area (Å²) in [6, 6.07) is 5.48. The zero-order chi connectivity index (χ0) is 12.5. The van der Waals surface area contributed by atoms with Gasteiger partial charge in [-0.3, -0.25) is 0 Å². The standard InChI is InChI=1S/C10H15F4NTe/c1-3-15(4-2)16(11,12,13,14)10-8-6-5-7-9-10/h5-9H,3-4H2,1-2H3. The molecule has 0 heterocycles. The molecule has 0 aromatic heterocycles. The van der Waals surface area contributed by atoms with Crippen molar-refractivity contribution >= 4 is 21.6 Å². The second-order valence-corrected chi connectivity index (χ2v) is 12.1. The van der Waals surface area contributed by atoms with Gasteiger partial charge in [0.2, 0.25) is 0 Å². The second-order valence-electron chi connectivity index (χ2n) is 3.45. The summed E-state index contributed by atoms with van der Waals surface area (Å²) in [4.78, 5) is 0. The van der Waals surface area contributed by atoms with E-state index in [-0.39, 0.29) is 16.2 Å². The van der Waals surface area contributed by atoms with Gasteiger partial charge in [-0.1, -0.05) is 0 Å². The zero-order valence-electron chi connectivity index (χ0n) is 9.17. The first kappa shape index (κ1) is 13.8. The van der Waals surface area contributed by atoms with Gasteiger partial charge in [0.15, 0.2) is 0 Å². The summed E-state index contributed by atoms with van der Waals surface area (Å²) in [6.07, 6.45) is 0. The molecule has 0 saturated carbocycles. The first-order valence-electron chi connectivity index (χ1n) is 4.96. The molecule has 0 saturated heterocycles. The van der Waals surface area contributed by atoms with Crippen molar-refractivity contribution in [3.63, 3.8) is 0 Å². The van der Waals surface area contributed by atoms with Crippen LogP contribution in [0.2, 0.25) is 0 Å². The van der Waals surface area contributed by atoms with Crippen molar-refractivity contribution in [1.82, 2.24) is 3.15 Å². The van der Waals surface area contributed by atoms with Crippen LogP contribution in [0.15, 0.2) is 30.3 Å². The Kier molecular flexibility index (Phi) is 3.09. The van der Waals surface area contributed by atoms with Gasteiger partial charge in [0.1, 0.15) is 0 Å². The summed E-state index contributed by atoms with van der Waals surface area (Å²) < 4.78 is 54.8. The molecule has 0 atom stereocenters. The molecule has 0 spiro atoms. The molecule has 1 aromatic carbocycles. The van der Waals surface area contributed by atoms with Crippen LogP contribution in [0, 0.1) is 0 Å². The van der Waals surface area contributed by atoms with Crippen LogP contribution in [0.5, 0.6) is 0 Å². The van der Waals surface area contributed by atoms with E-state index in [4.69, 9.17) is 0 Å². The Morgan fingerprint density at radius 1 is 0.938 bits per heavy atom. The summed E-state index contributed by atoms with van der Waals surface area (Å²) in [5.74, 6) is 0. The van der Waals surface area contributed by atoms with Crippen LogP contribution in [0.1, 0.15) is 13.8 Å². The first-order chi connectivity index (χ1) is 7.15. The van der Waals surface area contributed by atoms with Gasteiger partial charge in [-0.15, -0.1) is 0 Å². The number of nitrogens with zero attached hydrogens (tertiary/aromatic N) is 1. The Balaban J connectivity index is 3.43. The van der Waals surface area contributed by atoms with Gasteiger partial charge in [-0.25, -0.2) is 0 Å². The van der Waals surface area contributed by atoms with E-state index in [0.717, 1.165) is 12.1 Å². The number of hydrogen-bond acceptors (Lipinski definition) is 1. The normalized spacial score (nSPS) is 16.9. The summed E-state index contributed by atoms with van der Waals surface area (Å²) in [7, 11) is 0. The van der Waals surface area contributed by atoms with E-state index in [9.17, 15) is 11.6 Å². The van der Waals surface area contributed by atoms with Gasteiger partial charge >= 0.3 is 93.6 Å². The fourth-order valence-electron chi connectivity index (χ4n) is 1.58. The first-order valence-corrected chi connectivity index (χ1v) is 10.7. The van der Waals surface area contributed by atoms with Crippen LogP contribution in [0.3, 0.4) is 0 Å². The van der Waals surface area contributed by atoms with E-state index in [1.165, 1.54) is 32.0 Å². The maximum atomic E-state index is 14.0. The number of hydrogen-bond donors (Lipinski definition) is 0. The molecule has 0 aliphatic carbocycles. The monoisotopic (exact) mass is 355 g/mol. The van der Waals surface area contributed by atoms with Crippen molar-refractivity contribution in [2.24, 2.45) is 0 Å². The van der Waals surface area contributed by atoms with Gasteiger partial charge in [0.25, 0.3) is 0 Å². The van der Waals surface area contributed by atoms with Crippen molar-refractivity contribution in [3.8, 4) is 0 Å². The summed E-state index contributed by atoms with van der Waals surface area (Å²) in [6.45, 7) is 1.90. The van der Waals surface area contributed by atoms with Gasteiger partial charge in [0, 0.05) is 0 Å². The van der Waals surface area contributed by atoms with Crippen LogP contribution < -0.4 is 3.61 Å². The van der Waals surface area contributed by atoms with Crippen LogP contribution in [-0.2, 0) is 0 Å². The van der Waals surface area contributed by atoms with Gasteiger partial charge < -0.3 is 0 Å². The quantitative estimate of drug-likeness (QED) is 0.595. The van der Waals surface area contributed by atoms with Crippen LogP contribution in [0.25, 0.3) is 0 Å². The molecule has 1 nitrogen and oxygen atoms in total. The fraction of sp³-hybridized carbons (Fsp3) is 0.400. The molecule has 0 fully saturated rings. The third kappa shape index (κ3) is 2.20. The van der Waals surface area contributed by atoms with E-state index in [2.05, 4.69) is 0 Å². The molecule has 0 aliphatic heterocycles. The molecule has 0 amide bonds. The van der Waals surface area contributed by atoms with Crippen molar-refractivity contribution in [2.45, 2.75) is 13.8 Å². The average molecular weight is 353 g/mol. The molecule has 0 aliphatic rings. The molecule has 1 rings (SSSR count).